The average Bonchev–Trinajstić information content (AvgIpc) is 3.10. The van der Waals surface area contributed by atoms with Crippen LogP contribution in [0.25, 0.3) is 0 Å². The molecule has 0 bridgehead atoms. The van der Waals surface area contributed by atoms with Crippen molar-refractivity contribution in [1.29, 1.82) is 0 Å². The van der Waals surface area contributed by atoms with E-state index in [1.54, 1.807) is 0 Å². The summed E-state index contributed by atoms with van der Waals surface area (Å²) in [5, 5.41) is 2.82. The van der Waals surface area contributed by atoms with E-state index in [-0.39, 0.29) is 17.5 Å². The summed E-state index contributed by atoms with van der Waals surface area (Å²) in [4.78, 5) is 16.1. The quantitative estimate of drug-likeness (QED) is 0.830. The van der Waals surface area contributed by atoms with Crippen molar-refractivity contribution in [3.63, 3.8) is 0 Å². The molecule has 0 radical (unpaired) electrons. The predicted octanol–water partition coefficient (Wildman–Crippen LogP) is 1.62. The van der Waals surface area contributed by atoms with E-state index >= 15 is 0 Å². The molecule has 1 fully saturated rings. The molecule has 1 aliphatic heterocycles. The fourth-order valence-electron chi connectivity index (χ4n) is 2.94. The third kappa shape index (κ3) is 4.50. The van der Waals surface area contributed by atoms with Crippen molar-refractivity contribution in [2.75, 3.05) is 13.1 Å². The van der Waals surface area contributed by atoms with Gasteiger partial charge in [-0.15, -0.1) is 0 Å². The maximum Gasteiger partial charge on any atom is 0.262 e. The topological polar surface area (TPSA) is 84.3 Å². The molecule has 3 rings (SSSR count). The molecule has 0 unspecified atom stereocenters. The van der Waals surface area contributed by atoms with Gasteiger partial charge in [-0.2, -0.15) is 4.31 Å². The Bertz CT molecular complexity index is 840. The van der Waals surface area contributed by atoms with Crippen LogP contribution in [0.3, 0.4) is 0 Å². The summed E-state index contributed by atoms with van der Waals surface area (Å²) in [6, 6.07) is 9.61. The first kappa shape index (κ1) is 18.6. The van der Waals surface area contributed by atoms with Gasteiger partial charge in [0.05, 0.1) is 6.33 Å². The zero-order valence-corrected chi connectivity index (χ0v) is 15.7. The number of nitrogens with zero attached hydrogens (tertiary/aromatic N) is 3. The van der Waals surface area contributed by atoms with Crippen LogP contribution in [-0.4, -0.2) is 41.3 Å². The molecule has 7 nitrogen and oxygen atoms in total. The smallest absolute Gasteiger partial charge is 0.262 e. The van der Waals surface area contributed by atoms with E-state index in [9.17, 15) is 13.2 Å². The van der Waals surface area contributed by atoms with Crippen molar-refractivity contribution in [1.82, 2.24) is 19.2 Å². The molecule has 1 aromatic heterocycles. The highest BCUT2D eigenvalue weighted by atomic mass is 32.2. The lowest BCUT2D eigenvalue weighted by Gasteiger charge is -2.28. The van der Waals surface area contributed by atoms with Crippen LogP contribution >= 0.6 is 0 Å². The number of rotatable bonds is 6. The first-order valence-electron chi connectivity index (χ1n) is 8.77. The van der Waals surface area contributed by atoms with E-state index in [1.165, 1.54) is 21.4 Å². The van der Waals surface area contributed by atoms with Gasteiger partial charge >= 0.3 is 0 Å². The molecule has 1 N–H and O–H groups in total. The Morgan fingerprint density at radius 2 is 1.92 bits per heavy atom. The molecule has 1 aliphatic rings. The van der Waals surface area contributed by atoms with Gasteiger partial charge in [0, 0.05) is 25.8 Å². The molecule has 0 aliphatic carbocycles. The number of piperidine rings is 1. The van der Waals surface area contributed by atoms with Crippen LogP contribution in [-0.2, 0) is 27.9 Å². The predicted molar refractivity (Wildman–Crippen MR) is 97.7 cm³/mol. The van der Waals surface area contributed by atoms with Crippen LogP contribution in [0.5, 0.6) is 0 Å². The molecule has 0 spiro atoms. The molecule has 0 saturated carbocycles. The van der Waals surface area contributed by atoms with Crippen molar-refractivity contribution >= 4 is 15.9 Å². The van der Waals surface area contributed by atoms with Gasteiger partial charge in [0.25, 0.3) is 10.0 Å². The van der Waals surface area contributed by atoms with E-state index in [4.69, 9.17) is 0 Å². The van der Waals surface area contributed by atoms with E-state index in [0.29, 0.717) is 25.6 Å². The van der Waals surface area contributed by atoms with Crippen molar-refractivity contribution in [2.24, 2.45) is 5.92 Å². The summed E-state index contributed by atoms with van der Waals surface area (Å²) in [5.41, 5.74) is 1.01. The fraction of sp³-hybridized carbons (Fsp3) is 0.444. The van der Waals surface area contributed by atoms with Gasteiger partial charge in [0.2, 0.25) is 5.91 Å². The lowest BCUT2D eigenvalue weighted by molar-refractivity contribution is -0.121. The Hall–Kier alpha value is -2.19. The monoisotopic (exact) mass is 376 g/mol. The highest BCUT2D eigenvalue weighted by Gasteiger charge is 2.29. The molecular weight excluding hydrogens is 352 g/mol. The Morgan fingerprint density at radius 1 is 1.23 bits per heavy atom. The molecule has 26 heavy (non-hydrogen) atoms. The Kier molecular flexibility index (Phi) is 5.73. The first-order valence-corrected chi connectivity index (χ1v) is 10.2. The summed E-state index contributed by atoms with van der Waals surface area (Å²) >= 11 is 0. The molecule has 140 valence electrons. The zero-order valence-electron chi connectivity index (χ0n) is 14.8. The van der Waals surface area contributed by atoms with Crippen LogP contribution in [0.1, 0.15) is 25.3 Å². The maximum absolute atomic E-state index is 12.7. The number of imidazole rings is 1. The lowest BCUT2D eigenvalue weighted by atomic mass is 10.0. The van der Waals surface area contributed by atoms with Crippen molar-refractivity contribution in [3.8, 4) is 0 Å². The first-order chi connectivity index (χ1) is 12.4. The second-order valence-electron chi connectivity index (χ2n) is 6.73. The molecular formula is C18H24N4O3S. The lowest BCUT2D eigenvalue weighted by Crippen LogP contribution is -2.38. The van der Waals surface area contributed by atoms with Gasteiger partial charge < -0.3 is 9.88 Å². The molecule has 0 atom stereocenters. The third-order valence-corrected chi connectivity index (χ3v) is 6.40. The molecule has 2 heterocycles. The molecule has 1 aromatic carbocycles. The van der Waals surface area contributed by atoms with Crippen LogP contribution in [0.2, 0.25) is 0 Å². The van der Waals surface area contributed by atoms with Crippen LogP contribution in [0.4, 0.5) is 0 Å². The minimum atomic E-state index is -3.59. The number of carbonyl (C=O) groups is 1. The number of benzene rings is 1. The van der Waals surface area contributed by atoms with Crippen LogP contribution in [0.15, 0.2) is 47.9 Å². The number of amides is 1. The fourth-order valence-corrected chi connectivity index (χ4v) is 4.34. The van der Waals surface area contributed by atoms with E-state index in [0.717, 1.165) is 18.4 Å². The van der Waals surface area contributed by atoms with Crippen LogP contribution < -0.4 is 5.32 Å². The number of carbonyl (C=O) groups excluding carboxylic acids is 1. The van der Waals surface area contributed by atoms with Gasteiger partial charge in [-0.25, -0.2) is 13.4 Å². The minimum absolute atomic E-state index is 0.00270. The highest BCUT2D eigenvalue weighted by molar-refractivity contribution is 7.89. The maximum atomic E-state index is 12.7. The van der Waals surface area contributed by atoms with Gasteiger partial charge in [0.1, 0.15) is 6.54 Å². The van der Waals surface area contributed by atoms with E-state index in [2.05, 4.69) is 17.2 Å². The second-order valence-corrected chi connectivity index (χ2v) is 8.62. The largest absolute Gasteiger partial charge is 0.350 e. The van der Waals surface area contributed by atoms with Crippen LogP contribution in [0, 0.1) is 5.92 Å². The molecule has 1 amide bonds. The second kappa shape index (κ2) is 8.01. The van der Waals surface area contributed by atoms with Gasteiger partial charge in [0.15, 0.2) is 5.03 Å². The summed E-state index contributed by atoms with van der Waals surface area (Å²) in [5.74, 6) is 0.356. The number of hydrogen-bond acceptors (Lipinski definition) is 4. The summed E-state index contributed by atoms with van der Waals surface area (Å²) in [6.07, 6.45) is 4.54. The van der Waals surface area contributed by atoms with Crippen molar-refractivity contribution in [3.05, 3.63) is 48.4 Å². The highest BCUT2D eigenvalue weighted by Crippen LogP contribution is 2.22. The standard InChI is InChI=1S/C18H24N4O3S/c1-15-7-9-22(10-8-15)26(24,25)18-13-21(14-20-18)12-17(23)19-11-16-5-3-2-4-6-16/h2-6,13-15H,7-12H2,1H3,(H,19,23). The SMILES string of the molecule is CC1CCN(S(=O)(=O)c2cn(CC(=O)NCc3ccccc3)cn2)CC1. The number of sulfonamides is 1. The molecule has 8 heteroatoms. The Morgan fingerprint density at radius 3 is 2.62 bits per heavy atom. The van der Waals surface area contributed by atoms with E-state index in [1.807, 2.05) is 30.3 Å². The number of hydrogen-bond donors (Lipinski definition) is 1. The third-order valence-electron chi connectivity index (χ3n) is 4.62. The van der Waals surface area contributed by atoms with Gasteiger partial charge in [-0.05, 0) is 24.3 Å². The van der Waals surface area contributed by atoms with E-state index < -0.39 is 10.0 Å². The minimum Gasteiger partial charge on any atom is -0.350 e. The molecule has 2 aromatic rings. The summed E-state index contributed by atoms with van der Waals surface area (Å²) in [6.45, 7) is 3.65. The van der Waals surface area contributed by atoms with Crippen molar-refractivity contribution < 1.29 is 13.2 Å². The summed E-state index contributed by atoms with van der Waals surface area (Å²) < 4.78 is 28.3. The van der Waals surface area contributed by atoms with Gasteiger partial charge in [-0.3, -0.25) is 4.79 Å². The average molecular weight is 376 g/mol. The normalized spacial score (nSPS) is 16.5. The summed E-state index contributed by atoms with van der Waals surface area (Å²) in [7, 11) is -3.59. The van der Waals surface area contributed by atoms with Crippen molar-refractivity contribution in [2.45, 2.75) is 37.9 Å². The van der Waals surface area contributed by atoms with Gasteiger partial charge in [-0.1, -0.05) is 37.3 Å². The number of nitrogens with one attached hydrogen (secondary N) is 1. The number of aromatic nitrogens is 2. The zero-order chi connectivity index (χ0) is 18.6. The Balaban J connectivity index is 1.58. The molecule has 1 saturated heterocycles. The Labute approximate surface area is 154 Å².